The smallest absolute Gasteiger partial charge is 0.341 e. The second-order valence-corrected chi connectivity index (χ2v) is 9.39. The predicted molar refractivity (Wildman–Crippen MR) is 127 cm³/mol. The van der Waals surface area contributed by atoms with Crippen LogP contribution >= 0.6 is 0 Å². The average Bonchev–Trinajstić information content (AvgIpc) is 3.75. The van der Waals surface area contributed by atoms with E-state index in [9.17, 15) is 41.4 Å². The van der Waals surface area contributed by atoms with Crippen molar-refractivity contribution in [3.05, 3.63) is 69.0 Å². The molecule has 2 heterocycles. The van der Waals surface area contributed by atoms with Gasteiger partial charge in [0.15, 0.2) is 23.3 Å². The van der Waals surface area contributed by atoms with Gasteiger partial charge in [-0.25, -0.2) is 31.1 Å². The van der Waals surface area contributed by atoms with E-state index in [1.807, 2.05) is 0 Å². The Morgan fingerprint density at radius 3 is 2.05 bits per heavy atom. The van der Waals surface area contributed by atoms with E-state index in [2.05, 4.69) is 0 Å². The second-order valence-electron chi connectivity index (χ2n) is 9.39. The zero-order valence-electron chi connectivity index (χ0n) is 20.0. The standard InChI is InChI=1S/C25H20F6N4O4/c26-14-7-12-15(35(11-1-2-11)9-13(24(12)37)25(38)39)8-16(14)34-5-3-33(4-6-34)10-17(36)32-23-21(30)19(28)18(27)20(29)22(23)31/h7-9,11H,1-6,10H2,(H,32,36)(H,38,39). The van der Waals surface area contributed by atoms with Gasteiger partial charge in [0, 0.05) is 43.8 Å². The number of carboxylic acid groups (broad SMARTS) is 1. The van der Waals surface area contributed by atoms with E-state index in [1.165, 1.54) is 12.3 Å². The Labute approximate surface area is 216 Å². The van der Waals surface area contributed by atoms with Gasteiger partial charge in [-0.15, -0.1) is 0 Å². The first-order chi connectivity index (χ1) is 18.5. The summed E-state index contributed by atoms with van der Waals surface area (Å²) in [6.45, 7) is 0.371. The molecule has 0 spiro atoms. The molecule has 8 nitrogen and oxygen atoms in total. The van der Waals surface area contributed by atoms with Crippen molar-refractivity contribution in [1.29, 1.82) is 0 Å². The van der Waals surface area contributed by atoms with Crippen molar-refractivity contribution < 1.29 is 41.0 Å². The number of fused-ring (bicyclic) bond motifs is 1. The van der Waals surface area contributed by atoms with Crippen LogP contribution in [0.1, 0.15) is 29.2 Å². The molecule has 0 atom stereocenters. The van der Waals surface area contributed by atoms with Crippen LogP contribution in [0.4, 0.5) is 37.7 Å². The molecule has 206 valence electrons. The van der Waals surface area contributed by atoms with Crippen LogP contribution in [0, 0.1) is 34.9 Å². The number of nitrogens with zero attached hydrogens (tertiary/aromatic N) is 3. The van der Waals surface area contributed by atoms with E-state index in [1.54, 1.807) is 19.7 Å². The van der Waals surface area contributed by atoms with Crippen LogP contribution in [0.5, 0.6) is 0 Å². The fourth-order valence-electron chi connectivity index (χ4n) is 4.65. The lowest BCUT2D eigenvalue weighted by atomic mass is 10.1. The van der Waals surface area contributed by atoms with E-state index < -0.39 is 70.0 Å². The van der Waals surface area contributed by atoms with Gasteiger partial charge in [0.25, 0.3) is 0 Å². The highest BCUT2D eigenvalue weighted by Gasteiger charge is 2.30. The fraction of sp³-hybridized carbons (Fsp3) is 0.320. The summed E-state index contributed by atoms with van der Waals surface area (Å²) < 4.78 is 84.5. The number of carboxylic acids is 1. The first kappa shape index (κ1) is 26.5. The second kappa shape index (κ2) is 9.91. The van der Waals surface area contributed by atoms with Crippen molar-refractivity contribution in [1.82, 2.24) is 9.47 Å². The number of amides is 1. The number of nitrogens with one attached hydrogen (secondary N) is 1. The molecule has 0 radical (unpaired) electrons. The largest absolute Gasteiger partial charge is 0.477 e. The maximum absolute atomic E-state index is 15.1. The topological polar surface area (TPSA) is 94.9 Å². The minimum atomic E-state index is -2.34. The minimum absolute atomic E-state index is 0.00222. The Bertz CT molecular complexity index is 1550. The molecular formula is C25H20F6N4O4. The van der Waals surface area contributed by atoms with Crippen LogP contribution in [0.25, 0.3) is 10.9 Å². The Morgan fingerprint density at radius 1 is 0.897 bits per heavy atom. The van der Waals surface area contributed by atoms with Crippen molar-refractivity contribution in [3.63, 3.8) is 0 Å². The van der Waals surface area contributed by atoms with Crippen molar-refractivity contribution in [2.24, 2.45) is 0 Å². The molecule has 3 aromatic rings. The fourth-order valence-corrected chi connectivity index (χ4v) is 4.65. The number of hydrogen-bond acceptors (Lipinski definition) is 5. The molecular weight excluding hydrogens is 534 g/mol. The predicted octanol–water partition coefficient (Wildman–Crippen LogP) is 3.63. The number of aromatic carboxylic acids is 1. The van der Waals surface area contributed by atoms with Crippen molar-refractivity contribution in [2.75, 3.05) is 42.9 Å². The Balaban J connectivity index is 1.31. The van der Waals surface area contributed by atoms with Crippen LogP contribution in [-0.4, -0.2) is 59.2 Å². The van der Waals surface area contributed by atoms with E-state index >= 15 is 4.39 Å². The Morgan fingerprint density at radius 2 is 1.49 bits per heavy atom. The number of carbonyl (C=O) groups excluding carboxylic acids is 1. The highest BCUT2D eigenvalue weighted by Crippen LogP contribution is 2.38. The molecule has 1 aliphatic carbocycles. The molecule has 1 amide bonds. The quantitative estimate of drug-likeness (QED) is 0.275. The third-order valence-corrected chi connectivity index (χ3v) is 6.83. The monoisotopic (exact) mass is 554 g/mol. The number of anilines is 2. The molecule has 2 aliphatic rings. The van der Waals surface area contributed by atoms with Gasteiger partial charge >= 0.3 is 5.97 Å². The molecule has 0 unspecified atom stereocenters. The number of pyridine rings is 1. The minimum Gasteiger partial charge on any atom is -0.477 e. The van der Waals surface area contributed by atoms with E-state index in [4.69, 9.17) is 0 Å². The van der Waals surface area contributed by atoms with Gasteiger partial charge in [-0.3, -0.25) is 14.5 Å². The SMILES string of the molecule is O=C(CN1CCN(c2cc3c(cc2F)c(=O)c(C(=O)O)cn3C2CC2)CC1)Nc1c(F)c(F)c(F)c(F)c1F. The third kappa shape index (κ3) is 4.80. The summed E-state index contributed by atoms with van der Waals surface area (Å²) in [7, 11) is 0. The maximum Gasteiger partial charge on any atom is 0.341 e. The van der Waals surface area contributed by atoms with Gasteiger partial charge in [0.1, 0.15) is 17.1 Å². The summed E-state index contributed by atoms with van der Waals surface area (Å²) >= 11 is 0. The summed E-state index contributed by atoms with van der Waals surface area (Å²) in [5.41, 5.74) is -2.11. The first-order valence-corrected chi connectivity index (χ1v) is 11.9. The van der Waals surface area contributed by atoms with Gasteiger partial charge in [-0.1, -0.05) is 0 Å². The molecule has 0 bridgehead atoms. The summed E-state index contributed by atoms with van der Waals surface area (Å²) in [6, 6.07) is 2.50. The maximum atomic E-state index is 15.1. The molecule has 2 fully saturated rings. The normalized spacial score (nSPS) is 16.1. The molecule has 2 aromatic carbocycles. The number of benzene rings is 2. The molecule has 1 saturated carbocycles. The van der Waals surface area contributed by atoms with Crippen LogP contribution in [0.2, 0.25) is 0 Å². The van der Waals surface area contributed by atoms with Crippen LogP contribution in [0.3, 0.4) is 0 Å². The lowest BCUT2D eigenvalue weighted by Crippen LogP contribution is -2.49. The zero-order valence-corrected chi connectivity index (χ0v) is 20.0. The molecule has 1 saturated heterocycles. The Hall–Kier alpha value is -4.07. The first-order valence-electron chi connectivity index (χ1n) is 11.9. The highest BCUT2D eigenvalue weighted by molar-refractivity contribution is 5.94. The van der Waals surface area contributed by atoms with Gasteiger partial charge in [0.05, 0.1) is 17.7 Å². The average molecular weight is 554 g/mol. The molecule has 1 aromatic heterocycles. The summed E-state index contributed by atoms with van der Waals surface area (Å²) in [5, 5.41) is 11.1. The number of rotatable bonds is 6. The molecule has 14 heteroatoms. The number of piperazine rings is 1. The zero-order chi connectivity index (χ0) is 28.2. The number of carbonyl (C=O) groups is 2. The molecule has 5 rings (SSSR count). The van der Waals surface area contributed by atoms with Crippen LogP contribution in [0.15, 0.2) is 23.1 Å². The number of halogens is 6. The van der Waals surface area contributed by atoms with E-state index in [-0.39, 0.29) is 43.3 Å². The number of aromatic nitrogens is 1. The van der Waals surface area contributed by atoms with Gasteiger partial charge in [0.2, 0.25) is 17.2 Å². The lowest BCUT2D eigenvalue weighted by Gasteiger charge is -2.36. The summed E-state index contributed by atoms with van der Waals surface area (Å²) in [5.74, 6) is -14.2. The molecule has 2 N–H and O–H groups in total. The van der Waals surface area contributed by atoms with Crippen molar-refractivity contribution in [2.45, 2.75) is 18.9 Å². The molecule has 39 heavy (non-hydrogen) atoms. The van der Waals surface area contributed by atoms with Gasteiger partial charge in [-0.05, 0) is 25.0 Å². The van der Waals surface area contributed by atoms with Crippen molar-refractivity contribution in [3.8, 4) is 0 Å². The van der Waals surface area contributed by atoms with Crippen molar-refractivity contribution >= 4 is 34.2 Å². The highest BCUT2D eigenvalue weighted by atomic mass is 19.2. The van der Waals surface area contributed by atoms with E-state index in [0.29, 0.717) is 5.52 Å². The van der Waals surface area contributed by atoms with E-state index in [0.717, 1.165) is 18.9 Å². The Kier molecular flexibility index (Phi) is 6.74. The molecule has 1 aliphatic heterocycles. The summed E-state index contributed by atoms with van der Waals surface area (Å²) in [4.78, 5) is 39.7. The van der Waals surface area contributed by atoms with Crippen LogP contribution in [-0.2, 0) is 4.79 Å². The summed E-state index contributed by atoms with van der Waals surface area (Å²) in [6.07, 6.45) is 2.85. The van der Waals surface area contributed by atoms with Gasteiger partial charge in [-0.2, -0.15) is 0 Å². The lowest BCUT2D eigenvalue weighted by molar-refractivity contribution is -0.117. The van der Waals surface area contributed by atoms with Gasteiger partial charge < -0.3 is 19.9 Å². The van der Waals surface area contributed by atoms with Crippen LogP contribution < -0.4 is 15.6 Å². The number of hydrogen-bond donors (Lipinski definition) is 2. The third-order valence-electron chi connectivity index (χ3n) is 6.83.